The second kappa shape index (κ2) is 5.86. The normalized spacial score (nSPS) is 13.2. The minimum Gasteiger partial charge on any atom is -0.207 e. The van der Waals surface area contributed by atoms with E-state index in [1.165, 1.54) is 0 Å². The largest absolute Gasteiger partial charge is 0.242 e. The van der Waals surface area contributed by atoms with Crippen molar-refractivity contribution in [3.8, 4) is 0 Å². The molecule has 3 nitrogen and oxygen atoms in total. The molecular formula is C14H14BrNO2S. The van der Waals surface area contributed by atoms with Crippen LogP contribution in [0.1, 0.15) is 18.5 Å². The summed E-state index contributed by atoms with van der Waals surface area (Å²) in [5.41, 5.74) is 0.929. The Balaban J connectivity index is 2.26. The molecule has 1 N–H and O–H groups in total. The van der Waals surface area contributed by atoms with E-state index in [9.17, 15) is 8.42 Å². The lowest BCUT2D eigenvalue weighted by molar-refractivity contribution is 0.566. The average Bonchev–Trinajstić information content (AvgIpc) is 2.39. The Morgan fingerprint density at radius 1 is 1.00 bits per heavy atom. The number of benzene rings is 2. The first-order valence-electron chi connectivity index (χ1n) is 5.82. The van der Waals surface area contributed by atoms with Crippen molar-refractivity contribution in [3.63, 3.8) is 0 Å². The molecule has 0 fully saturated rings. The maximum Gasteiger partial charge on any atom is 0.242 e. The summed E-state index contributed by atoms with van der Waals surface area (Å²) in [7, 11) is -3.54. The first-order chi connectivity index (χ1) is 9.00. The zero-order valence-corrected chi connectivity index (χ0v) is 12.8. The monoisotopic (exact) mass is 339 g/mol. The summed E-state index contributed by atoms with van der Waals surface area (Å²) >= 11 is 3.26. The lowest BCUT2D eigenvalue weighted by Gasteiger charge is -2.15. The van der Waals surface area contributed by atoms with E-state index in [1.807, 2.05) is 37.3 Å². The highest BCUT2D eigenvalue weighted by Gasteiger charge is 2.20. The number of rotatable bonds is 4. The molecule has 0 saturated heterocycles. The van der Waals surface area contributed by atoms with E-state index in [0.717, 1.165) is 5.56 Å². The quantitative estimate of drug-likeness (QED) is 0.926. The van der Waals surface area contributed by atoms with Gasteiger partial charge in [-0.05, 0) is 40.5 Å². The molecule has 19 heavy (non-hydrogen) atoms. The Labute approximate surface area is 121 Å². The standard InChI is InChI=1S/C14H14BrNO2S/c1-11(12-7-3-2-4-8-12)16-19(17,18)14-10-6-5-9-13(14)15/h2-11,16H,1H3/t11-/m0/s1. The number of hydrogen-bond donors (Lipinski definition) is 1. The average molecular weight is 340 g/mol. The van der Waals surface area contributed by atoms with E-state index >= 15 is 0 Å². The first-order valence-corrected chi connectivity index (χ1v) is 8.10. The van der Waals surface area contributed by atoms with E-state index in [1.54, 1.807) is 24.3 Å². The van der Waals surface area contributed by atoms with Gasteiger partial charge in [-0.25, -0.2) is 13.1 Å². The molecule has 0 heterocycles. The van der Waals surface area contributed by atoms with Gasteiger partial charge in [0.05, 0.1) is 4.90 Å². The van der Waals surface area contributed by atoms with E-state index in [-0.39, 0.29) is 10.9 Å². The molecule has 0 aromatic heterocycles. The Hall–Kier alpha value is -1.17. The molecule has 0 unspecified atom stereocenters. The van der Waals surface area contributed by atoms with Crippen LogP contribution in [0, 0.1) is 0 Å². The summed E-state index contributed by atoms with van der Waals surface area (Å²) in [6, 6.07) is 16.0. The van der Waals surface area contributed by atoms with Gasteiger partial charge in [0.1, 0.15) is 0 Å². The minimum absolute atomic E-state index is 0.248. The van der Waals surface area contributed by atoms with Crippen molar-refractivity contribution in [1.29, 1.82) is 0 Å². The Kier molecular flexibility index (Phi) is 4.39. The zero-order valence-electron chi connectivity index (χ0n) is 10.4. The van der Waals surface area contributed by atoms with Crippen LogP contribution < -0.4 is 4.72 Å². The fraction of sp³-hybridized carbons (Fsp3) is 0.143. The maximum absolute atomic E-state index is 12.3. The third-order valence-corrected chi connectivity index (χ3v) is 5.31. The molecule has 0 aliphatic rings. The van der Waals surface area contributed by atoms with Crippen molar-refractivity contribution >= 4 is 26.0 Å². The van der Waals surface area contributed by atoms with E-state index in [4.69, 9.17) is 0 Å². The summed E-state index contributed by atoms with van der Waals surface area (Å²) in [6.45, 7) is 1.82. The molecule has 100 valence electrons. The molecule has 0 aliphatic carbocycles. The SMILES string of the molecule is C[C@H](NS(=O)(=O)c1ccccc1Br)c1ccccc1. The van der Waals surface area contributed by atoms with Crippen molar-refractivity contribution in [2.75, 3.05) is 0 Å². The molecule has 2 rings (SSSR count). The van der Waals surface area contributed by atoms with Crippen LogP contribution in [0.2, 0.25) is 0 Å². The van der Waals surface area contributed by atoms with Crippen molar-refractivity contribution in [1.82, 2.24) is 4.72 Å². The van der Waals surface area contributed by atoms with Crippen molar-refractivity contribution in [3.05, 3.63) is 64.6 Å². The second-order valence-electron chi connectivity index (χ2n) is 4.18. The third-order valence-electron chi connectivity index (χ3n) is 2.76. The number of sulfonamides is 1. The van der Waals surface area contributed by atoms with E-state index in [0.29, 0.717) is 4.47 Å². The second-order valence-corrected chi connectivity index (χ2v) is 6.72. The maximum atomic E-state index is 12.3. The van der Waals surface area contributed by atoms with Gasteiger partial charge in [0.25, 0.3) is 0 Å². The number of nitrogens with one attached hydrogen (secondary N) is 1. The van der Waals surface area contributed by atoms with Gasteiger partial charge in [-0.1, -0.05) is 42.5 Å². The Bertz CT molecular complexity index is 656. The van der Waals surface area contributed by atoms with Crippen molar-refractivity contribution in [2.24, 2.45) is 0 Å². The highest BCUT2D eigenvalue weighted by Crippen LogP contribution is 2.23. The summed E-state index contributed by atoms with van der Waals surface area (Å²) < 4.78 is 27.8. The number of halogens is 1. The molecule has 0 aliphatic heterocycles. The minimum atomic E-state index is -3.54. The van der Waals surface area contributed by atoms with Crippen LogP contribution >= 0.6 is 15.9 Å². The van der Waals surface area contributed by atoms with Crippen LogP contribution in [0.4, 0.5) is 0 Å². The van der Waals surface area contributed by atoms with Gasteiger partial charge in [-0.15, -0.1) is 0 Å². The summed E-state index contributed by atoms with van der Waals surface area (Å²) in [5, 5.41) is 0. The van der Waals surface area contributed by atoms with E-state index in [2.05, 4.69) is 20.7 Å². The molecular weight excluding hydrogens is 326 g/mol. The molecule has 2 aromatic carbocycles. The van der Waals surface area contributed by atoms with Crippen LogP contribution in [0.5, 0.6) is 0 Å². The van der Waals surface area contributed by atoms with Gasteiger partial charge in [0, 0.05) is 10.5 Å². The van der Waals surface area contributed by atoms with Crippen LogP contribution in [-0.2, 0) is 10.0 Å². The molecule has 1 atom stereocenters. The third kappa shape index (κ3) is 3.43. The van der Waals surface area contributed by atoms with Crippen LogP contribution in [0.25, 0.3) is 0 Å². The molecule has 0 amide bonds. The predicted octanol–water partition coefficient (Wildman–Crippen LogP) is 3.49. The van der Waals surface area contributed by atoms with Crippen molar-refractivity contribution < 1.29 is 8.42 Å². The van der Waals surface area contributed by atoms with E-state index < -0.39 is 10.0 Å². The van der Waals surface area contributed by atoms with Gasteiger partial charge in [-0.2, -0.15) is 0 Å². The smallest absolute Gasteiger partial charge is 0.207 e. The van der Waals surface area contributed by atoms with Gasteiger partial charge in [-0.3, -0.25) is 0 Å². The molecule has 0 radical (unpaired) electrons. The Morgan fingerprint density at radius 2 is 1.58 bits per heavy atom. The van der Waals surface area contributed by atoms with Crippen molar-refractivity contribution in [2.45, 2.75) is 17.9 Å². The van der Waals surface area contributed by atoms with Gasteiger partial charge in [0.15, 0.2) is 0 Å². The summed E-state index contributed by atoms with van der Waals surface area (Å²) in [6.07, 6.45) is 0. The highest BCUT2D eigenvalue weighted by molar-refractivity contribution is 9.10. The molecule has 2 aromatic rings. The van der Waals surface area contributed by atoms with Gasteiger partial charge < -0.3 is 0 Å². The fourth-order valence-corrected chi connectivity index (χ4v) is 4.00. The highest BCUT2D eigenvalue weighted by atomic mass is 79.9. The van der Waals surface area contributed by atoms with Gasteiger partial charge >= 0.3 is 0 Å². The molecule has 0 bridgehead atoms. The molecule has 0 spiro atoms. The fourth-order valence-electron chi connectivity index (χ4n) is 1.77. The molecule has 5 heteroatoms. The summed E-state index contributed by atoms with van der Waals surface area (Å²) in [4.78, 5) is 0.248. The lowest BCUT2D eigenvalue weighted by atomic mass is 10.1. The predicted molar refractivity (Wildman–Crippen MR) is 79.3 cm³/mol. The number of hydrogen-bond acceptors (Lipinski definition) is 2. The lowest BCUT2D eigenvalue weighted by Crippen LogP contribution is -2.27. The van der Waals surface area contributed by atoms with Crippen LogP contribution in [0.3, 0.4) is 0 Å². The van der Waals surface area contributed by atoms with Gasteiger partial charge in [0.2, 0.25) is 10.0 Å². The van der Waals surface area contributed by atoms with Crippen LogP contribution in [0.15, 0.2) is 64.0 Å². The molecule has 0 saturated carbocycles. The van der Waals surface area contributed by atoms with Crippen LogP contribution in [-0.4, -0.2) is 8.42 Å². The first kappa shape index (κ1) is 14.2. The zero-order chi connectivity index (χ0) is 13.9. The topological polar surface area (TPSA) is 46.2 Å². The summed E-state index contributed by atoms with van der Waals surface area (Å²) in [5.74, 6) is 0. The Morgan fingerprint density at radius 3 is 2.21 bits per heavy atom.